The number of esters is 1. The van der Waals surface area contributed by atoms with E-state index in [0.29, 0.717) is 37.6 Å². The molecule has 9 nitrogen and oxygen atoms in total. The van der Waals surface area contributed by atoms with Gasteiger partial charge in [-0.3, -0.25) is 14.2 Å². The third kappa shape index (κ3) is 6.55. The number of rotatable bonds is 6. The number of ether oxygens (including phenoxy) is 2. The van der Waals surface area contributed by atoms with Crippen molar-refractivity contribution in [2.24, 2.45) is 0 Å². The summed E-state index contributed by atoms with van der Waals surface area (Å²) in [4.78, 5) is 45.5. The Morgan fingerprint density at radius 3 is 2.32 bits per heavy atom. The second kappa shape index (κ2) is 10.7. The van der Waals surface area contributed by atoms with Gasteiger partial charge in [0, 0.05) is 44.5 Å². The smallest absolute Gasteiger partial charge is 0.410 e. The van der Waals surface area contributed by atoms with E-state index in [1.165, 1.54) is 28.8 Å². The molecule has 1 fully saturated rings. The van der Waals surface area contributed by atoms with E-state index < -0.39 is 17.5 Å². The molecule has 0 radical (unpaired) electrons. The average molecular weight is 475 g/mol. The Bertz CT molecular complexity index is 1070. The normalized spacial score (nSPS) is 14.1. The zero-order chi connectivity index (χ0) is 24.9. The van der Waals surface area contributed by atoms with Crippen LogP contribution in [0.4, 0.5) is 15.0 Å². The van der Waals surface area contributed by atoms with Crippen molar-refractivity contribution in [3.05, 3.63) is 52.3 Å². The number of carbonyl (C=O) groups excluding carboxylic acids is 2. The van der Waals surface area contributed by atoms with Crippen LogP contribution in [0.1, 0.15) is 39.8 Å². The van der Waals surface area contributed by atoms with E-state index in [4.69, 9.17) is 9.47 Å². The predicted octanol–water partition coefficient (Wildman–Crippen LogP) is 2.92. The molecule has 184 valence electrons. The fourth-order valence-electron chi connectivity index (χ4n) is 3.54. The SMILES string of the molecule is CCOC(=O)CCc1cn(-c2ccc(F)cc2)c(=O)c(N2CCN(C(=O)OC(C)(C)C)CC2)n1. The minimum absolute atomic E-state index is 0.119. The van der Waals surface area contributed by atoms with Gasteiger partial charge in [-0.25, -0.2) is 14.2 Å². The van der Waals surface area contributed by atoms with E-state index in [9.17, 15) is 18.8 Å². The summed E-state index contributed by atoms with van der Waals surface area (Å²) >= 11 is 0. The topological polar surface area (TPSA) is 94.0 Å². The molecule has 0 bridgehead atoms. The first-order chi connectivity index (χ1) is 16.1. The minimum atomic E-state index is -0.591. The van der Waals surface area contributed by atoms with Crippen LogP contribution >= 0.6 is 0 Å². The molecule has 2 heterocycles. The van der Waals surface area contributed by atoms with Crippen LogP contribution in [0.5, 0.6) is 0 Å². The summed E-state index contributed by atoms with van der Waals surface area (Å²) in [6.07, 6.45) is 1.57. The van der Waals surface area contributed by atoms with Crippen molar-refractivity contribution >= 4 is 17.9 Å². The average Bonchev–Trinajstić information content (AvgIpc) is 2.78. The number of aromatic nitrogens is 2. The Labute approximate surface area is 198 Å². The highest BCUT2D eigenvalue weighted by Crippen LogP contribution is 2.17. The molecule has 10 heteroatoms. The van der Waals surface area contributed by atoms with Crippen LogP contribution in [0.2, 0.25) is 0 Å². The Morgan fingerprint density at radius 2 is 1.74 bits per heavy atom. The summed E-state index contributed by atoms with van der Waals surface area (Å²) in [5, 5.41) is 0. The number of halogens is 1. The van der Waals surface area contributed by atoms with Crippen molar-refractivity contribution < 1.29 is 23.5 Å². The molecule has 1 saturated heterocycles. The van der Waals surface area contributed by atoms with Gasteiger partial charge in [0.15, 0.2) is 5.82 Å². The Balaban J connectivity index is 1.85. The van der Waals surface area contributed by atoms with Crippen molar-refractivity contribution in [1.82, 2.24) is 14.5 Å². The second-order valence-electron chi connectivity index (χ2n) is 8.97. The van der Waals surface area contributed by atoms with Crippen LogP contribution in [0.25, 0.3) is 5.69 Å². The number of piperazine rings is 1. The van der Waals surface area contributed by atoms with Crippen LogP contribution in [0.3, 0.4) is 0 Å². The van der Waals surface area contributed by atoms with E-state index in [-0.39, 0.29) is 36.8 Å². The molecule has 0 aliphatic carbocycles. The molecule has 0 saturated carbocycles. The van der Waals surface area contributed by atoms with E-state index in [1.807, 2.05) is 25.7 Å². The molecule has 1 aromatic carbocycles. The molecule has 0 atom stereocenters. The Morgan fingerprint density at radius 1 is 1.09 bits per heavy atom. The van der Waals surface area contributed by atoms with Gasteiger partial charge in [-0.1, -0.05) is 0 Å². The number of carbonyl (C=O) groups is 2. The number of anilines is 1. The summed E-state index contributed by atoms with van der Waals surface area (Å²) in [6, 6.07) is 5.58. The lowest BCUT2D eigenvalue weighted by Crippen LogP contribution is -2.51. The molecule has 0 unspecified atom stereocenters. The first-order valence-corrected chi connectivity index (χ1v) is 11.3. The van der Waals surface area contributed by atoms with Gasteiger partial charge in [-0.2, -0.15) is 0 Å². The van der Waals surface area contributed by atoms with E-state index in [0.717, 1.165) is 0 Å². The van der Waals surface area contributed by atoms with Gasteiger partial charge < -0.3 is 19.3 Å². The lowest BCUT2D eigenvalue weighted by Gasteiger charge is -2.36. The van der Waals surface area contributed by atoms with Crippen LogP contribution in [0.15, 0.2) is 35.3 Å². The number of hydrogen-bond acceptors (Lipinski definition) is 7. The van der Waals surface area contributed by atoms with E-state index >= 15 is 0 Å². The van der Waals surface area contributed by atoms with Crippen LogP contribution in [-0.2, 0) is 20.7 Å². The van der Waals surface area contributed by atoms with Gasteiger partial charge >= 0.3 is 12.1 Å². The Kier molecular flexibility index (Phi) is 7.90. The van der Waals surface area contributed by atoms with Gasteiger partial charge in [-0.05, 0) is 52.0 Å². The summed E-state index contributed by atoms with van der Waals surface area (Å²) in [5.74, 6) is -0.544. The zero-order valence-corrected chi connectivity index (χ0v) is 20.0. The van der Waals surface area contributed by atoms with Crippen molar-refractivity contribution in [2.75, 3.05) is 37.7 Å². The molecular weight excluding hydrogens is 443 g/mol. The first kappa shape index (κ1) is 25.2. The number of hydrogen-bond donors (Lipinski definition) is 0. The molecule has 2 aromatic rings. The van der Waals surface area contributed by atoms with Crippen molar-refractivity contribution in [3.8, 4) is 5.69 Å². The number of aryl methyl sites for hydroxylation is 1. The molecule has 3 rings (SSSR count). The lowest BCUT2D eigenvalue weighted by atomic mass is 10.2. The maximum absolute atomic E-state index is 13.4. The molecule has 34 heavy (non-hydrogen) atoms. The molecule has 0 spiro atoms. The largest absolute Gasteiger partial charge is 0.466 e. The summed E-state index contributed by atoms with van der Waals surface area (Å²) in [7, 11) is 0. The summed E-state index contributed by atoms with van der Waals surface area (Å²) < 4.78 is 25.3. The molecular formula is C24H31FN4O5. The maximum atomic E-state index is 13.4. The van der Waals surface area contributed by atoms with E-state index in [1.54, 1.807) is 18.0 Å². The molecule has 1 aliphatic heterocycles. The number of benzene rings is 1. The molecule has 1 amide bonds. The van der Waals surface area contributed by atoms with Crippen LogP contribution < -0.4 is 10.5 Å². The monoisotopic (exact) mass is 474 g/mol. The fraction of sp³-hybridized carbons (Fsp3) is 0.500. The highest BCUT2D eigenvalue weighted by molar-refractivity contribution is 5.69. The third-order valence-corrected chi connectivity index (χ3v) is 5.16. The van der Waals surface area contributed by atoms with Gasteiger partial charge in [0.1, 0.15) is 11.4 Å². The van der Waals surface area contributed by atoms with E-state index in [2.05, 4.69) is 4.98 Å². The Hall–Kier alpha value is -3.43. The molecule has 0 N–H and O–H groups in total. The first-order valence-electron chi connectivity index (χ1n) is 11.3. The third-order valence-electron chi connectivity index (χ3n) is 5.16. The highest BCUT2D eigenvalue weighted by atomic mass is 19.1. The fourth-order valence-corrected chi connectivity index (χ4v) is 3.54. The van der Waals surface area contributed by atoms with Crippen LogP contribution in [0, 0.1) is 5.82 Å². The van der Waals surface area contributed by atoms with Gasteiger partial charge in [-0.15, -0.1) is 0 Å². The number of nitrogens with zero attached hydrogens (tertiary/aromatic N) is 4. The van der Waals surface area contributed by atoms with Gasteiger partial charge in [0.05, 0.1) is 18.7 Å². The van der Waals surface area contributed by atoms with Crippen molar-refractivity contribution in [3.63, 3.8) is 0 Å². The minimum Gasteiger partial charge on any atom is -0.466 e. The van der Waals surface area contributed by atoms with Gasteiger partial charge in [0.2, 0.25) is 0 Å². The van der Waals surface area contributed by atoms with Gasteiger partial charge in [0.25, 0.3) is 5.56 Å². The standard InChI is InChI=1S/C24H31FN4O5/c1-5-33-20(30)11-8-18-16-29(19-9-6-17(25)7-10-19)22(31)21(26-18)27-12-14-28(15-13-27)23(32)34-24(2,3)4/h6-7,9-10,16H,5,8,11-15H2,1-4H3. The summed E-state index contributed by atoms with van der Waals surface area (Å²) in [5.41, 5.74) is 0.0601. The summed E-state index contributed by atoms with van der Waals surface area (Å²) in [6.45, 7) is 8.99. The molecule has 1 aliphatic rings. The quantitative estimate of drug-likeness (QED) is 0.594. The molecule has 1 aromatic heterocycles. The predicted molar refractivity (Wildman–Crippen MR) is 125 cm³/mol. The van der Waals surface area contributed by atoms with Crippen molar-refractivity contribution in [2.45, 2.75) is 46.1 Å². The second-order valence-corrected chi connectivity index (χ2v) is 8.97. The maximum Gasteiger partial charge on any atom is 0.410 e. The highest BCUT2D eigenvalue weighted by Gasteiger charge is 2.28. The zero-order valence-electron chi connectivity index (χ0n) is 20.0. The van der Waals surface area contributed by atoms with Crippen LogP contribution in [-0.4, -0.2) is 64.9 Å². The van der Waals surface area contributed by atoms with Crippen molar-refractivity contribution in [1.29, 1.82) is 0 Å². The number of amides is 1. The lowest BCUT2D eigenvalue weighted by molar-refractivity contribution is -0.143.